The van der Waals surface area contributed by atoms with Gasteiger partial charge in [-0.2, -0.15) is 0 Å². The smallest absolute Gasteiger partial charge is 0.258 e. The van der Waals surface area contributed by atoms with Gasteiger partial charge in [0.25, 0.3) is 5.91 Å². The van der Waals surface area contributed by atoms with Crippen LogP contribution < -0.4 is 19.1 Å². The van der Waals surface area contributed by atoms with Crippen LogP contribution in [0.25, 0.3) is 0 Å². The van der Waals surface area contributed by atoms with Crippen molar-refractivity contribution in [1.29, 1.82) is 0 Å². The van der Waals surface area contributed by atoms with Crippen LogP contribution in [0.1, 0.15) is 10.4 Å². The van der Waals surface area contributed by atoms with E-state index in [1.807, 2.05) is 0 Å². The Morgan fingerprint density at radius 3 is 2.48 bits per heavy atom. The molecule has 120 valence electrons. The van der Waals surface area contributed by atoms with Crippen molar-refractivity contribution < 1.29 is 19.0 Å². The summed E-state index contributed by atoms with van der Waals surface area (Å²) < 4.78 is 16.0. The molecule has 0 radical (unpaired) electrons. The number of amides is 1. The van der Waals surface area contributed by atoms with Gasteiger partial charge in [-0.25, -0.2) is 0 Å². The Morgan fingerprint density at radius 2 is 1.83 bits per heavy atom. The fourth-order valence-corrected chi connectivity index (χ4v) is 2.65. The molecule has 23 heavy (non-hydrogen) atoms. The maximum atomic E-state index is 12.9. The first-order valence-electron chi connectivity index (χ1n) is 7.09. The largest absolute Gasteiger partial charge is 0.497 e. The number of hydrogen-bond donors (Lipinski definition) is 0. The van der Waals surface area contributed by atoms with Crippen molar-refractivity contribution in [2.75, 3.05) is 32.3 Å². The van der Waals surface area contributed by atoms with Crippen molar-refractivity contribution in [3.05, 3.63) is 47.0 Å². The van der Waals surface area contributed by atoms with E-state index in [1.165, 1.54) is 0 Å². The molecule has 0 atom stereocenters. The summed E-state index contributed by atoms with van der Waals surface area (Å²) in [7, 11) is 3.10. The van der Waals surface area contributed by atoms with Crippen molar-refractivity contribution in [2.45, 2.75) is 0 Å². The van der Waals surface area contributed by atoms with Gasteiger partial charge in [0.1, 0.15) is 23.9 Å². The summed E-state index contributed by atoms with van der Waals surface area (Å²) in [5.41, 5.74) is 1.14. The normalized spacial score (nSPS) is 13.1. The Hall–Kier alpha value is -2.40. The van der Waals surface area contributed by atoms with Gasteiger partial charge < -0.3 is 19.1 Å². The van der Waals surface area contributed by atoms with Crippen LogP contribution in [0.5, 0.6) is 17.2 Å². The highest BCUT2D eigenvalue weighted by Crippen LogP contribution is 2.35. The molecule has 2 aromatic carbocycles. The first-order valence-corrected chi connectivity index (χ1v) is 7.47. The number of nitrogens with zero attached hydrogens (tertiary/aromatic N) is 1. The number of ether oxygens (including phenoxy) is 3. The van der Waals surface area contributed by atoms with Gasteiger partial charge in [-0.05, 0) is 30.3 Å². The highest BCUT2D eigenvalue weighted by Gasteiger charge is 2.25. The fourth-order valence-electron chi connectivity index (χ4n) is 2.49. The van der Waals surface area contributed by atoms with Crippen molar-refractivity contribution in [3.8, 4) is 17.2 Å². The molecular weight excluding hydrogens is 318 g/mol. The fraction of sp³-hybridized carbons (Fsp3) is 0.235. The topological polar surface area (TPSA) is 48.0 Å². The third-order valence-corrected chi connectivity index (χ3v) is 3.86. The number of rotatable bonds is 3. The van der Waals surface area contributed by atoms with Crippen molar-refractivity contribution in [2.24, 2.45) is 0 Å². The molecule has 1 amide bonds. The zero-order valence-corrected chi connectivity index (χ0v) is 13.6. The first-order chi connectivity index (χ1) is 11.1. The number of carbonyl (C=O) groups excluding carboxylic acids is 1. The van der Waals surface area contributed by atoms with Gasteiger partial charge in [0.15, 0.2) is 0 Å². The lowest BCUT2D eigenvalue weighted by atomic mass is 10.1. The molecule has 5 nitrogen and oxygen atoms in total. The van der Waals surface area contributed by atoms with E-state index >= 15 is 0 Å². The summed E-state index contributed by atoms with van der Waals surface area (Å²) in [5, 5.41) is 0.551. The van der Waals surface area contributed by atoms with E-state index in [-0.39, 0.29) is 5.91 Å². The molecule has 1 aliphatic heterocycles. The Bertz CT molecular complexity index is 725. The van der Waals surface area contributed by atoms with E-state index in [9.17, 15) is 4.79 Å². The van der Waals surface area contributed by atoms with Gasteiger partial charge in [-0.1, -0.05) is 11.6 Å². The van der Waals surface area contributed by atoms with Crippen LogP contribution in [0.4, 0.5) is 5.69 Å². The summed E-state index contributed by atoms with van der Waals surface area (Å²) in [6.45, 7) is 0.882. The van der Waals surface area contributed by atoms with E-state index in [1.54, 1.807) is 55.5 Å². The van der Waals surface area contributed by atoms with Crippen molar-refractivity contribution in [1.82, 2.24) is 0 Å². The van der Waals surface area contributed by atoms with E-state index in [0.717, 1.165) is 0 Å². The second-order valence-corrected chi connectivity index (χ2v) is 5.46. The Labute approximate surface area is 139 Å². The van der Waals surface area contributed by atoms with Crippen LogP contribution in [-0.2, 0) is 0 Å². The number of halogens is 1. The number of methoxy groups -OCH3 is 2. The number of carbonyl (C=O) groups is 1. The molecule has 0 saturated carbocycles. The minimum Gasteiger partial charge on any atom is -0.497 e. The van der Waals surface area contributed by atoms with E-state index in [0.29, 0.717) is 46.7 Å². The molecule has 0 spiro atoms. The molecule has 1 heterocycles. The molecule has 0 bridgehead atoms. The van der Waals surface area contributed by atoms with Gasteiger partial charge in [-0.3, -0.25) is 4.79 Å². The van der Waals surface area contributed by atoms with Gasteiger partial charge in [-0.15, -0.1) is 0 Å². The molecule has 6 heteroatoms. The molecule has 0 aromatic heterocycles. The number of fused-ring (bicyclic) bond motifs is 1. The van der Waals surface area contributed by atoms with Gasteiger partial charge >= 0.3 is 0 Å². The third-order valence-electron chi connectivity index (χ3n) is 3.63. The molecule has 3 rings (SSSR count). The van der Waals surface area contributed by atoms with Gasteiger partial charge in [0.05, 0.1) is 26.5 Å². The highest BCUT2D eigenvalue weighted by atomic mass is 35.5. The standard InChI is InChI=1S/C17H16ClNO4/c1-21-13-7-11(8-14(10-13)22-2)17(20)19-5-6-23-16-4-3-12(18)9-15(16)19/h3-4,7-10H,5-6H2,1-2H3. The second-order valence-electron chi connectivity index (χ2n) is 5.02. The van der Waals surface area contributed by atoms with E-state index < -0.39 is 0 Å². The summed E-state index contributed by atoms with van der Waals surface area (Å²) in [5.74, 6) is 1.61. The third kappa shape index (κ3) is 3.05. The van der Waals surface area contributed by atoms with Crippen LogP contribution in [-0.4, -0.2) is 33.3 Å². The van der Waals surface area contributed by atoms with Crippen LogP contribution >= 0.6 is 11.6 Å². The molecular formula is C17H16ClNO4. The van der Waals surface area contributed by atoms with E-state index in [4.69, 9.17) is 25.8 Å². The zero-order valence-electron chi connectivity index (χ0n) is 12.8. The second kappa shape index (κ2) is 6.38. The number of benzene rings is 2. The van der Waals surface area contributed by atoms with Crippen molar-refractivity contribution >= 4 is 23.2 Å². The number of anilines is 1. The Kier molecular flexibility index (Phi) is 4.30. The molecule has 0 N–H and O–H groups in total. The minimum atomic E-state index is -0.158. The Morgan fingerprint density at radius 1 is 1.13 bits per heavy atom. The summed E-state index contributed by atoms with van der Waals surface area (Å²) in [6, 6.07) is 10.3. The molecule has 0 fully saturated rings. The van der Waals surface area contributed by atoms with Crippen LogP contribution in [0.3, 0.4) is 0 Å². The van der Waals surface area contributed by atoms with Crippen LogP contribution in [0.15, 0.2) is 36.4 Å². The monoisotopic (exact) mass is 333 g/mol. The molecule has 0 aliphatic carbocycles. The SMILES string of the molecule is COc1cc(OC)cc(C(=O)N2CCOc3ccc(Cl)cc32)c1. The lowest BCUT2D eigenvalue weighted by molar-refractivity contribution is 0.0976. The van der Waals surface area contributed by atoms with E-state index in [2.05, 4.69) is 0 Å². The maximum absolute atomic E-state index is 12.9. The average molecular weight is 334 g/mol. The molecule has 0 unspecified atom stereocenters. The summed E-state index contributed by atoms with van der Waals surface area (Å²) in [6.07, 6.45) is 0. The maximum Gasteiger partial charge on any atom is 0.258 e. The number of hydrogen-bond acceptors (Lipinski definition) is 4. The minimum absolute atomic E-state index is 0.158. The Balaban J connectivity index is 2.00. The lowest BCUT2D eigenvalue weighted by Gasteiger charge is -2.29. The highest BCUT2D eigenvalue weighted by molar-refractivity contribution is 6.31. The summed E-state index contributed by atoms with van der Waals surface area (Å²) >= 11 is 6.05. The quantitative estimate of drug-likeness (QED) is 0.863. The van der Waals surface area contributed by atoms with Crippen molar-refractivity contribution in [3.63, 3.8) is 0 Å². The molecule has 1 aliphatic rings. The van der Waals surface area contributed by atoms with Crippen LogP contribution in [0, 0.1) is 0 Å². The first kappa shape index (κ1) is 15.5. The van der Waals surface area contributed by atoms with Gasteiger partial charge in [0.2, 0.25) is 0 Å². The molecule has 0 saturated heterocycles. The summed E-state index contributed by atoms with van der Waals surface area (Å²) in [4.78, 5) is 14.6. The zero-order chi connectivity index (χ0) is 16.4. The predicted molar refractivity (Wildman–Crippen MR) is 88.2 cm³/mol. The predicted octanol–water partition coefficient (Wildman–Crippen LogP) is 3.40. The molecule has 2 aromatic rings. The lowest BCUT2D eigenvalue weighted by Crippen LogP contribution is -2.38. The average Bonchev–Trinajstić information content (AvgIpc) is 2.60. The van der Waals surface area contributed by atoms with Gasteiger partial charge in [0, 0.05) is 16.7 Å². The van der Waals surface area contributed by atoms with Crippen LogP contribution in [0.2, 0.25) is 5.02 Å².